The summed E-state index contributed by atoms with van der Waals surface area (Å²) in [6.45, 7) is 0. The molecule has 0 saturated heterocycles. The number of hydrogen-bond acceptors (Lipinski definition) is 2. The van der Waals surface area contributed by atoms with E-state index in [4.69, 9.17) is 10.5 Å². The van der Waals surface area contributed by atoms with E-state index in [-0.39, 0.29) is 11.1 Å². The zero-order valence-corrected chi connectivity index (χ0v) is 11.0. The van der Waals surface area contributed by atoms with E-state index >= 15 is 0 Å². The third kappa shape index (κ3) is 2.12. The van der Waals surface area contributed by atoms with Crippen molar-refractivity contribution in [3.63, 3.8) is 0 Å². The minimum atomic E-state index is -0.760. The van der Waals surface area contributed by atoms with Crippen LogP contribution >= 0.6 is 0 Å². The van der Waals surface area contributed by atoms with E-state index in [2.05, 4.69) is 0 Å². The van der Waals surface area contributed by atoms with Gasteiger partial charge in [-0.3, -0.25) is 0 Å². The van der Waals surface area contributed by atoms with Gasteiger partial charge in [0, 0.05) is 0 Å². The molecule has 0 aliphatic rings. The Bertz CT molecular complexity index is 890. The molecular formula is C18H9FN2. The van der Waals surface area contributed by atoms with E-state index < -0.39 is 5.82 Å². The Hall–Kier alpha value is -3.17. The number of fused-ring (bicyclic) bond motifs is 1. The van der Waals surface area contributed by atoms with Crippen molar-refractivity contribution in [1.29, 1.82) is 10.5 Å². The zero-order chi connectivity index (χ0) is 14.8. The molecule has 0 heterocycles. The van der Waals surface area contributed by atoms with Crippen LogP contribution < -0.4 is 0 Å². The minimum Gasteiger partial charge on any atom is -0.204 e. The molecule has 98 valence electrons. The first kappa shape index (κ1) is 12.8. The van der Waals surface area contributed by atoms with Crippen molar-refractivity contribution in [3.05, 3.63) is 71.5 Å². The zero-order valence-electron chi connectivity index (χ0n) is 11.0. The highest BCUT2D eigenvalue weighted by molar-refractivity contribution is 5.96. The fourth-order valence-corrected chi connectivity index (χ4v) is 2.42. The summed E-state index contributed by atoms with van der Waals surface area (Å²) in [6.07, 6.45) is 0. The van der Waals surface area contributed by atoms with Crippen LogP contribution in [0.4, 0.5) is 4.39 Å². The second-order valence-corrected chi connectivity index (χ2v) is 4.64. The van der Waals surface area contributed by atoms with Gasteiger partial charge in [-0.1, -0.05) is 42.5 Å². The molecule has 0 amide bonds. The van der Waals surface area contributed by atoms with Crippen molar-refractivity contribution in [1.82, 2.24) is 0 Å². The van der Waals surface area contributed by atoms with Crippen molar-refractivity contribution in [2.75, 3.05) is 0 Å². The van der Waals surface area contributed by atoms with E-state index in [0.717, 1.165) is 16.3 Å². The van der Waals surface area contributed by atoms with Gasteiger partial charge in [0.15, 0.2) is 5.82 Å². The molecule has 0 aliphatic carbocycles. The summed E-state index contributed by atoms with van der Waals surface area (Å²) in [7, 11) is 0. The predicted molar refractivity (Wildman–Crippen MR) is 78.8 cm³/mol. The van der Waals surface area contributed by atoms with Crippen LogP contribution in [0.15, 0.2) is 54.6 Å². The van der Waals surface area contributed by atoms with Gasteiger partial charge in [0.05, 0.1) is 11.1 Å². The average Bonchev–Trinajstić information content (AvgIpc) is 2.54. The maximum absolute atomic E-state index is 13.8. The summed E-state index contributed by atoms with van der Waals surface area (Å²) in [5, 5.41) is 20.1. The van der Waals surface area contributed by atoms with Crippen molar-refractivity contribution in [2.45, 2.75) is 0 Å². The standard InChI is InChI=1S/C18H9FN2/c19-18-14(10-20)8-13(9-15(18)11-21)17-7-3-5-12-4-1-2-6-16(12)17/h1-9H. The van der Waals surface area contributed by atoms with Crippen LogP contribution in [0, 0.1) is 28.5 Å². The normalized spacial score (nSPS) is 10.0. The first-order chi connectivity index (χ1) is 10.2. The molecule has 3 aromatic rings. The smallest absolute Gasteiger partial charge is 0.158 e. The maximum atomic E-state index is 13.8. The summed E-state index contributed by atoms with van der Waals surface area (Å²) in [5.74, 6) is -0.760. The molecule has 0 bridgehead atoms. The lowest BCUT2D eigenvalue weighted by atomic mass is 9.95. The second-order valence-electron chi connectivity index (χ2n) is 4.64. The fourth-order valence-electron chi connectivity index (χ4n) is 2.42. The molecule has 0 unspecified atom stereocenters. The molecule has 0 fully saturated rings. The Kier molecular flexibility index (Phi) is 3.10. The fraction of sp³-hybridized carbons (Fsp3) is 0. The van der Waals surface area contributed by atoms with Gasteiger partial charge in [-0.25, -0.2) is 4.39 Å². The maximum Gasteiger partial charge on any atom is 0.158 e. The quantitative estimate of drug-likeness (QED) is 0.659. The lowest BCUT2D eigenvalue weighted by molar-refractivity contribution is 0.620. The van der Waals surface area contributed by atoms with E-state index in [1.54, 1.807) is 12.1 Å². The number of nitrogens with zero attached hydrogens (tertiary/aromatic N) is 2. The Labute approximate surface area is 121 Å². The van der Waals surface area contributed by atoms with Crippen LogP contribution in [-0.4, -0.2) is 0 Å². The summed E-state index contributed by atoms with van der Waals surface area (Å²) in [4.78, 5) is 0. The highest BCUT2D eigenvalue weighted by atomic mass is 19.1. The largest absolute Gasteiger partial charge is 0.204 e. The molecule has 0 spiro atoms. The average molecular weight is 272 g/mol. The van der Waals surface area contributed by atoms with Gasteiger partial charge < -0.3 is 0 Å². The lowest BCUT2D eigenvalue weighted by Crippen LogP contribution is -1.92. The van der Waals surface area contributed by atoms with E-state index in [1.807, 2.05) is 42.5 Å². The molecule has 0 radical (unpaired) electrons. The van der Waals surface area contributed by atoms with Crippen LogP contribution in [0.3, 0.4) is 0 Å². The molecule has 2 nitrogen and oxygen atoms in total. The topological polar surface area (TPSA) is 47.6 Å². The lowest BCUT2D eigenvalue weighted by Gasteiger charge is -2.08. The second kappa shape index (κ2) is 5.07. The highest BCUT2D eigenvalue weighted by Gasteiger charge is 2.12. The number of halogens is 1. The molecule has 3 aromatic carbocycles. The Morgan fingerprint density at radius 1 is 0.810 bits per heavy atom. The molecule has 0 aliphatic heterocycles. The van der Waals surface area contributed by atoms with Crippen LogP contribution in [-0.2, 0) is 0 Å². The van der Waals surface area contributed by atoms with Gasteiger partial charge in [0.1, 0.15) is 12.1 Å². The SMILES string of the molecule is N#Cc1cc(-c2cccc3ccccc23)cc(C#N)c1F. The van der Waals surface area contributed by atoms with E-state index in [0.29, 0.717) is 5.56 Å². The highest BCUT2D eigenvalue weighted by Crippen LogP contribution is 2.30. The van der Waals surface area contributed by atoms with Crippen LogP contribution in [0.25, 0.3) is 21.9 Å². The van der Waals surface area contributed by atoms with Gasteiger partial charge in [-0.05, 0) is 34.0 Å². The van der Waals surface area contributed by atoms with Gasteiger partial charge in [0.25, 0.3) is 0 Å². The molecule has 0 aromatic heterocycles. The van der Waals surface area contributed by atoms with Crippen LogP contribution in [0.2, 0.25) is 0 Å². The predicted octanol–water partition coefficient (Wildman–Crippen LogP) is 4.39. The van der Waals surface area contributed by atoms with Gasteiger partial charge in [-0.2, -0.15) is 10.5 Å². The molecule has 0 saturated carbocycles. The van der Waals surface area contributed by atoms with Crippen molar-refractivity contribution < 1.29 is 4.39 Å². The number of rotatable bonds is 1. The number of hydrogen-bond donors (Lipinski definition) is 0. The van der Waals surface area contributed by atoms with E-state index in [1.165, 1.54) is 12.1 Å². The van der Waals surface area contributed by atoms with Crippen molar-refractivity contribution in [2.24, 2.45) is 0 Å². The molecule has 3 heteroatoms. The number of benzene rings is 3. The first-order valence-corrected chi connectivity index (χ1v) is 6.36. The first-order valence-electron chi connectivity index (χ1n) is 6.36. The molecular weight excluding hydrogens is 263 g/mol. The molecule has 21 heavy (non-hydrogen) atoms. The Balaban J connectivity index is 2.34. The number of nitriles is 2. The Morgan fingerprint density at radius 2 is 1.43 bits per heavy atom. The van der Waals surface area contributed by atoms with Crippen LogP contribution in [0.5, 0.6) is 0 Å². The van der Waals surface area contributed by atoms with Crippen LogP contribution in [0.1, 0.15) is 11.1 Å². The summed E-state index contributed by atoms with van der Waals surface area (Å²) in [5.41, 5.74) is 1.32. The van der Waals surface area contributed by atoms with Gasteiger partial charge in [-0.15, -0.1) is 0 Å². The Morgan fingerprint density at radius 3 is 2.10 bits per heavy atom. The van der Waals surface area contributed by atoms with Crippen molar-refractivity contribution in [3.8, 4) is 23.3 Å². The summed E-state index contributed by atoms with van der Waals surface area (Å²) in [6, 6.07) is 20.2. The molecule has 3 rings (SSSR count). The monoisotopic (exact) mass is 272 g/mol. The minimum absolute atomic E-state index is 0.114. The van der Waals surface area contributed by atoms with E-state index in [9.17, 15) is 4.39 Å². The molecule has 0 atom stereocenters. The summed E-state index contributed by atoms with van der Waals surface area (Å²) < 4.78 is 13.8. The third-order valence-corrected chi connectivity index (χ3v) is 3.41. The van der Waals surface area contributed by atoms with Gasteiger partial charge in [0.2, 0.25) is 0 Å². The third-order valence-electron chi connectivity index (χ3n) is 3.41. The van der Waals surface area contributed by atoms with Crippen molar-refractivity contribution >= 4 is 10.8 Å². The summed E-state index contributed by atoms with van der Waals surface area (Å²) >= 11 is 0. The molecule has 0 N–H and O–H groups in total. The van der Waals surface area contributed by atoms with Gasteiger partial charge >= 0.3 is 0 Å².